The van der Waals surface area contributed by atoms with Gasteiger partial charge in [-0.25, -0.2) is 4.39 Å². The van der Waals surface area contributed by atoms with Crippen LogP contribution in [0.25, 0.3) is 0 Å². The van der Waals surface area contributed by atoms with E-state index in [2.05, 4.69) is 5.73 Å². The van der Waals surface area contributed by atoms with E-state index < -0.39 is 23.8 Å². The maximum atomic E-state index is 13.4. The fourth-order valence-electron chi connectivity index (χ4n) is 2.54. The van der Waals surface area contributed by atoms with Gasteiger partial charge in [0.1, 0.15) is 0 Å². The van der Waals surface area contributed by atoms with Gasteiger partial charge in [0.25, 0.3) is 0 Å². The molecule has 0 aliphatic heterocycles. The Bertz CT molecular complexity index is 767. The summed E-state index contributed by atoms with van der Waals surface area (Å²) in [7, 11) is 1.56. The fraction of sp³-hybridized carbons (Fsp3) is 0.286. The molecule has 0 fully saturated rings. The van der Waals surface area contributed by atoms with Crippen molar-refractivity contribution in [1.29, 1.82) is 0 Å². The summed E-state index contributed by atoms with van der Waals surface area (Å²) in [5.74, 6) is -1.22. The minimum absolute atomic E-state index is 0.221. The maximum absolute atomic E-state index is 13.4. The lowest BCUT2D eigenvalue weighted by atomic mass is 10.0. The van der Waals surface area contributed by atoms with Gasteiger partial charge < -0.3 is 20.1 Å². The molecule has 0 spiro atoms. The van der Waals surface area contributed by atoms with E-state index in [-0.39, 0.29) is 6.42 Å². The van der Waals surface area contributed by atoms with Crippen molar-refractivity contribution in [2.24, 2.45) is 0 Å². The van der Waals surface area contributed by atoms with Gasteiger partial charge in [-0.3, -0.25) is 0 Å². The monoisotopic (exact) mass is 358 g/mol. The van der Waals surface area contributed by atoms with E-state index in [0.29, 0.717) is 18.6 Å². The molecule has 2 aromatic rings. The topological polar surface area (TPSA) is 69.9 Å². The Balaban J connectivity index is 2.05. The van der Waals surface area contributed by atoms with Crippen molar-refractivity contribution in [2.45, 2.75) is 25.0 Å². The lowest BCUT2D eigenvalue weighted by Crippen LogP contribution is -2.02. The summed E-state index contributed by atoms with van der Waals surface area (Å²) in [4.78, 5) is 0. The zero-order chi connectivity index (χ0) is 18.9. The van der Waals surface area contributed by atoms with Gasteiger partial charge in [0, 0.05) is 20.0 Å². The molecule has 4 nitrogen and oxygen atoms in total. The molecule has 0 saturated carbocycles. The van der Waals surface area contributed by atoms with Crippen LogP contribution in [0.2, 0.25) is 0 Å². The van der Waals surface area contributed by atoms with Gasteiger partial charge in [0.05, 0.1) is 18.8 Å². The molecule has 0 aliphatic carbocycles. The van der Waals surface area contributed by atoms with E-state index >= 15 is 0 Å². The van der Waals surface area contributed by atoms with E-state index in [1.54, 1.807) is 13.2 Å². The van der Waals surface area contributed by atoms with Crippen LogP contribution in [0.4, 0.5) is 4.39 Å². The van der Waals surface area contributed by atoms with Crippen LogP contribution in [0.1, 0.15) is 36.2 Å². The summed E-state index contributed by atoms with van der Waals surface area (Å²) >= 11 is 0. The average molecular weight is 358 g/mol. The van der Waals surface area contributed by atoms with Gasteiger partial charge in [-0.2, -0.15) is 0 Å². The number of rotatable bonds is 8. The Kier molecular flexibility index (Phi) is 7.57. The number of halogens is 1. The highest BCUT2D eigenvalue weighted by Crippen LogP contribution is 2.24. The highest BCUT2D eigenvalue weighted by molar-refractivity contribution is 5.29. The predicted molar refractivity (Wildman–Crippen MR) is 97.1 cm³/mol. The first-order chi connectivity index (χ1) is 12.5. The lowest BCUT2D eigenvalue weighted by molar-refractivity contribution is 0.164. The number of aliphatic hydroxyl groups excluding tert-OH is 2. The second kappa shape index (κ2) is 9.90. The molecular weight excluding hydrogens is 335 g/mol. The number of benzene rings is 2. The van der Waals surface area contributed by atoms with Crippen molar-refractivity contribution in [2.75, 3.05) is 13.7 Å². The zero-order valence-electron chi connectivity index (χ0n) is 14.6. The number of methoxy groups -OCH3 is 1. The largest absolute Gasteiger partial charge is 0.505 e. The van der Waals surface area contributed by atoms with Crippen molar-refractivity contribution in [3.8, 4) is 5.75 Å². The summed E-state index contributed by atoms with van der Waals surface area (Å²) in [5, 5.41) is 29.6. The first kappa shape index (κ1) is 19.9. The molecule has 0 aromatic heterocycles. The zero-order valence-corrected chi connectivity index (χ0v) is 14.6. The highest BCUT2D eigenvalue weighted by Gasteiger charge is 2.11. The number of aliphatic hydroxyl groups is 2. The first-order valence-electron chi connectivity index (χ1n) is 8.32. The van der Waals surface area contributed by atoms with Crippen molar-refractivity contribution in [3.63, 3.8) is 0 Å². The molecule has 3 N–H and O–H groups in total. The minimum atomic E-state index is -0.916. The smallest absolute Gasteiger partial charge is 0.165 e. The quantitative estimate of drug-likeness (QED) is 0.628. The molecule has 5 heteroatoms. The van der Waals surface area contributed by atoms with E-state index in [9.17, 15) is 19.7 Å². The fourth-order valence-corrected chi connectivity index (χ4v) is 2.54. The van der Waals surface area contributed by atoms with Crippen LogP contribution in [0.3, 0.4) is 0 Å². The van der Waals surface area contributed by atoms with Crippen molar-refractivity contribution in [3.05, 3.63) is 82.9 Å². The average Bonchev–Trinajstić information content (AvgIpc) is 2.64. The molecule has 0 radical (unpaired) electrons. The van der Waals surface area contributed by atoms with Gasteiger partial charge in [0.2, 0.25) is 0 Å². The molecule has 2 atom stereocenters. The van der Waals surface area contributed by atoms with Crippen LogP contribution in [-0.2, 0) is 4.74 Å². The number of aromatic hydroxyl groups is 1. The van der Waals surface area contributed by atoms with Crippen molar-refractivity contribution < 1.29 is 24.4 Å². The van der Waals surface area contributed by atoms with Crippen LogP contribution < -0.4 is 0 Å². The molecular formula is C21H23FO4. The highest BCUT2D eigenvalue weighted by atomic mass is 19.1. The van der Waals surface area contributed by atoms with Gasteiger partial charge in [0.15, 0.2) is 11.6 Å². The van der Waals surface area contributed by atoms with Crippen LogP contribution in [0, 0.1) is 5.82 Å². The van der Waals surface area contributed by atoms with E-state index in [1.165, 1.54) is 12.1 Å². The number of hydrogen-bond acceptors (Lipinski definition) is 4. The Morgan fingerprint density at radius 2 is 1.85 bits per heavy atom. The first-order valence-corrected chi connectivity index (χ1v) is 8.32. The molecule has 138 valence electrons. The summed E-state index contributed by atoms with van der Waals surface area (Å²) in [6.45, 7) is 0.310. The predicted octanol–water partition coefficient (Wildman–Crippen LogP) is 3.81. The van der Waals surface area contributed by atoms with Gasteiger partial charge in [-0.05, 0) is 34.9 Å². The Labute approximate surface area is 152 Å². The summed E-state index contributed by atoms with van der Waals surface area (Å²) < 4.78 is 18.5. The molecule has 0 saturated heterocycles. The molecule has 0 aliphatic rings. The van der Waals surface area contributed by atoms with Gasteiger partial charge in [-0.1, -0.05) is 36.4 Å². The molecule has 0 amide bonds. The van der Waals surface area contributed by atoms with E-state index in [4.69, 9.17) is 4.74 Å². The third-order valence-electron chi connectivity index (χ3n) is 3.95. The molecule has 0 bridgehead atoms. The van der Waals surface area contributed by atoms with Crippen molar-refractivity contribution in [1.82, 2.24) is 0 Å². The van der Waals surface area contributed by atoms with E-state index in [1.807, 2.05) is 30.3 Å². The third kappa shape index (κ3) is 5.83. The van der Waals surface area contributed by atoms with Crippen LogP contribution in [0.15, 0.2) is 65.9 Å². The lowest BCUT2D eigenvalue weighted by Gasteiger charge is -2.12. The second-order valence-corrected chi connectivity index (χ2v) is 5.98. The maximum Gasteiger partial charge on any atom is 0.165 e. The molecule has 0 heterocycles. The van der Waals surface area contributed by atoms with E-state index in [0.717, 1.165) is 17.2 Å². The summed E-state index contributed by atoms with van der Waals surface area (Å²) in [5.41, 5.74) is 4.99. The Morgan fingerprint density at radius 3 is 2.50 bits per heavy atom. The van der Waals surface area contributed by atoms with Crippen molar-refractivity contribution >= 4 is 0 Å². The normalized spacial score (nSPS) is 12.9. The number of ether oxygens (including phenoxy) is 1. The Morgan fingerprint density at radius 1 is 1.12 bits per heavy atom. The van der Waals surface area contributed by atoms with Crippen LogP contribution in [-0.4, -0.2) is 29.0 Å². The SMILES string of the molecule is COCC(=C=CC[C@@H](O)c1ccc(O)c(F)c1)C[C@@H](O)c1ccccc1. The summed E-state index contributed by atoms with van der Waals surface area (Å²) in [6, 6.07) is 13.1. The summed E-state index contributed by atoms with van der Waals surface area (Å²) in [6.07, 6.45) is 0.636. The number of phenols is 1. The molecule has 26 heavy (non-hydrogen) atoms. The van der Waals surface area contributed by atoms with Crippen LogP contribution in [0.5, 0.6) is 5.75 Å². The molecule has 0 unspecified atom stereocenters. The number of phenolic OH excluding ortho intramolecular Hbond substituents is 1. The standard InChI is InChI=1S/C21H23FO4/c1-26-14-15(12-21(25)16-7-3-2-4-8-16)6-5-9-19(23)17-10-11-20(24)18(22)13-17/h2-5,7-8,10-11,13,19,21,23-25H,9,12,14H2,1H3/t6?,19-,21-/m1/s1. The van der Waals surface area contributed by atoms with Gasteiger partial charge >= 0.3 is 0 Å². The molecule has 2 rings (SSSR count). The second-order valence-electron chi connectivity index (χ2n) is 5.98. The number of hydrogen-bond donors (Lipinski definition) is 3. The van der Waals surface area contributed by atoms with Gasteiger partial charge in [-0.15, -0.1) is 5.73 Å². The van der Waals surface area contributed by atoms with Crippen LogP contribution >= 0.6 is 0 Å². The minimum Gasteiger partial charge on any atom is -0.505 e. The third-order valence-corrected chi connectivity index (χ3v) is 3.95. The molecule has 2 aromatic carbocycles. The Hall–Kier alpha value is -2.43.